The lowest BCUT2D eigenvalue weighted by atomic mass is 10.2. The largest absolute Gasteiger partial charge is 0.460 e. The summed E-state index contributed by atoms with van der Waals surface area (Å²) in [6.45, 7) is 2.44. The first-order valence-corrected chi connectivity index (χ1v) is 6.89. The van der Waals surface area contributed by atoms with Gasteiger partial charge >= 0.3 is 5.97 Å². The van der Waals surface area contributed by atoms with Gasteiger partial charge in [-0.2, -0.15) is 0 Å². The molecule has 0 saturated carbocycles. The first kappa shape index (κ1) is 17.7. The third-order valence-corrected chi connectivity index (χ3v) is 2.79. The SMILES string of the molecule is COCCOCCOCCOC(=O)c1ccc(N)cc1Cl. The summed E-state index contributed by atoms with van der Waals surface area (Å²) in [5, 5.41) is 0.271. The third-order valence-electron chi connectivity index (χ3n) is 2.48. The van der Waals surface area contributed by atoms with Crippen LogP contribution in [0.5, 0.6) is 0 Å². The molecule has 1 aromatic carbocycles. The molecule has 6 nitrogen and oxygen atoms in total. The Morgan fingerprint density at radius 2 is 1.71 bits per heavy atom. The van der Waals surface area contributed by atoms with E-state index in [9.17, 15) is 4.79 Å². The monoisotopic (exact) mass is 317 g/mol. The van der Waals surface area contributed by atoms with Gasteiger partial charge in [0, 0.05) is 12.8 Å². The number of nitrogen functional groups attached to an aromatic ring is 1. The number of benzene rings is 1. The number of carbonyl (C=O) groups is 1. The molecule has 0 heterocycles. The fourth-order valence-corrected chi connectivity index (χ4v) is 1.70. The van der Waals surface area contributed by atoms with Crippen molar-refractivity contribution in [1.82, 2.24) is 0 Å². The van der Waals surface area contributed by atoms with Gasteiger partial charge in [-0.05, 0) is 18.2 Å². The van der Waals surface area contributed by atoms with Crippen molar-refractivity contribution in [2.24, 2.45) is 0 Å². The normalized spacial score (nSPS) is 10.6. The van der Waals surface area contributed by atoms with E-state index in [4.69, 9.17) is 36.3 Å². The van der Waals surface area contributed by atoms with Gasteiger partial charge in [-0.25, -0.2) is 4.79 Å². The summed E-state index contributed by atoms with van der Waals surface area (Å²) >= 11 is 5.91. The number of nitrogens with two attached hydrogens (primary N) is 1. The van der Waals surface area contributed by atoms with E-state index in [2.05, 4.69) is 0 Å². The van der Waals surface area contributed by atoms with E-state index >= 15 is 0 Å². The molecule has 2 N–H and O–H groups in total. The maximum Gasteiger partial charge on any atom is 0.339 e. The topological polar surface area (TPSA) is 80.0 Å². The molecule has 1 rings (SSSR count). The maximum atomic E-state index is 11.7. The van der Waals surface area contributed by atoms with Crippen molar-refractivity contribution in [3.63, 3.8) is 0 Å². The van der Waals surface area contributed by atoms with E-state index in [1.807, 2.05) is 0 Å². The quantitative estimate of drug-likeness (QED) is 0.402. The highest BCUT2D eigenvalue weighted by atomic mass is 35.5. The zero-order chi connectivity index (χ0) is 15.5. The summed E-state index contributed by atoms with van der Waals surface area (Å²) in [6, 6.07) is 4.63. The van der Waals surface area contributed by atoms with Crippen LogP contribution >= 0.6 is 11.6 Å². The van der Waals surface area contributed by atoms with E-state index in [0.717, 1.165) is 0 Å². The molecule has 0 amide bonds. The molecule has 0 aliphatic rings. The van der Waals surface area contributed by atoms with E-state index in [1.54, 1.807) is 13.2 Å². The van der Waals surface area contributed by atoms with Crippen LogP contribution in [0.25, 0.3) is 0 Å². The fourth-order valence-electron chi connectivity index (χ4n) is 1.43. The number of methoxy groups -OCH3 is 1. The molecule has 7 heteroatoms. The first-order chi connectivity index (χ1) is 10.1. The number of hydrogen-bond acceptors (Lipinski definition) is 6. The molecule has 0 aromatic heterocycles. The van der Waals surface area contributed by atoms with Crippen molar-refractivity contribution in [2.45, 2.75) is 0 Å². The Kier molecular flexibility index (Phi) is 8.77. The zero-order valence-corrected chi connectivity index (χ0v) is 12.7. The smallest absolute Gasteiger partial charge is 0.339 e. The van der Waals surface area contributed by atoms with Crippen molar-refractivity contribution in [1.29, 1.82) is 0 Å². The van der Waals surface area contributed by atoms with Crippen molar-refractivity contribution in [2.75, 3.05) is 52.5 Å². The lowest BCUT2D eigenvalue weighted by molar-refractivity contribution is 0.00571. The predicted octanol–water partition coefficient (Wildman–Crippen LogP) is 1.76. The summed E-state index contributed by atoms with van der Waals surface area (Å²) < 4.78 is 20.3. The summed E-state index contributed by atoms with van der Waals surface area (Å²) in [6.07, 6.45) is 0. The zero-order valence-electron chi connectivity index (χ0n) is 12.0. The molecular weight excluding hydrogens is 298 g/mol. The Morgan fingerprint density at radius 1 is 1.10 bits per heavy atom. The van der Waals surface area contributed by atoms with Crippen LogP contribution in [0.2, 0.25) is 5.02 Å². The van der Waals surface area contributed by atoms with Gasteiger partial charge < -0.3 is 24.7 Å². The Balaban J connectivity index is 2.11. The average molecular weight is 318 g/mol. The highest BCUT2D eigenvalue weighted by molar-refractivity contribution is 6.33. The second-order valence-corrected chi connectivity index (χ2v) is 4.50. The molecule has 0 atom stereocenters. The number of anilines is 1. The van der Waals surface area contributed by atoms with E-state index in [1.165, 1.54) is 12.1 Å². The standard InChI is InChI=1S/C14H20ClNO5/c1-18-4-5-19-6-7-20-8-9-21-14(17)12-3-2-11(16)10-13(12)15/h2-3,10H,4-9,16H2,1H3. The van der Waals surface area contributed by atoms with Crippen LogP contribution in [-0.4, -0.2) is 52.7 Å². The molecule has 0 saturated heterocycles. The molecular formula is C14H20ClNO5. The molecule has 1 aromatic rings. The van der Waals surface area contributed by atoms with E-state index in [0.29, 0.717) is 38.7 Å². The van der Waals surface area contributed by atoms with Gasteiger partial charge in [0.15, 0.2) is 0 Å². The summed E-state index contributed by atoms with van der Waals surface area (Å²) in [7, 11) is 1.61. The molecule has 0 aliphatic heterocycles. The van der Waals surface area contributed by atoms with Gasteiger partial charge in [-0.3, -0.25) is 0 Å². The van der Waals surface area contributed by atoms with Crippen LogP contribution in [0, 0.1) is 0 Å². The molecule has 118 valence electrons. The second-order valence-electron chi connectivity index (χ2n) is 4.09. The van der Waals surface area contributed by atoms with Crippen molar-refractivity contribution in [3.8, 4) is 0 Å². The maximum absolute atomic E-state index is 11.7. The van der Waals surface area contributed by atoms with Crippen LogP contribution < -0.4 is 5.73 Å². The Morgan fingerprint density at radius 3 is 2.33 bits per heavy atom. The Labute approximate surface area is 129 Å². The van der Waals surface area contributed by atoms with Crippen LogP contribution in [0.1, 0.15) is 10.4 Å². The lowest BCUT2D eigenvalue weighted by Crippen LogP contribution is -2.14. The van der Waals surface area contributed by atoms with Gasteiger partial charge in [0.05, 0.1) is 43.6 Å². The van der Waals surface area contributed by atoms with Crippen LogP contribution in [-0.2, 0) is 18.9 Å². The second kappa shape index (κ2) is 10.4. The number of ether oxygens (including phenoxy) is 4. The molecule has 0 aliphatic carbocycles. The highest BCUT2D eigenvalue weighted by Gasteiger charge is 2.11. The lowest BCUT2D eigenvalue weighted by Gasteiger charge is -2.08. The van der Waals surface area contributed by atoms with Crippen LogP contribution in [0.15, 0.2) is 18.2 Å². The van der Waals surface area contributed by atoms with Crippen molar-refractivity contribution >= 4 is 23.3 Å². The van der Waals surface area contributed by atoms with Gasteiger partial charge in [0.1, 0.15) is 6.61 Å². The predicted molar refractivity (Wildman–Crippen MR) is 79.7 cm³/mol. The third kappa shape index (κ3) is 7.29. The van der Waals surface area contributed by atoms with E-state index < -0.39 is 5.97 Å². The molecule has 0 radical (unpaired) electrons. The highest BCUT2D eigenvalue weighted by Crippen LogP contribution is 2.19. The molecule has 21 heavy (non-hydrogen) atoms. The minimum atomic E-state index is -0.500. The fraction of sp³-hybridized carbons (Fsp3) is 0.500. The Hall–Kier alpha value is -1.34. The minimum Gasteiger partial charge on any atom is -0.460 e. The molecule has 0 fully saturated rings. The van der Waals surface area contributed by atoms with Crippen molar-refractivity contribution < 1.29 is 23.7 Å². The first-order valence-electron chi connectivity index (χ1n) is 6.51. The summed E-state index contributed by atoms with van der Waals surface area (Å²) in [4.78, 5) is 11.7. The molecule has 0 spiro atoms. The molecule has 0 bridgehead atoms. The van der Waals surface area contributed by atoms with Crippen LogP contribution in [0.4, 0.5) is 5.69 Å². The molecule has 0 unspecified atom stereocenters. The van der Waals surface area contributed by atoms with Crippen LogP contribution in [0.3, 0.4) is 0 Å². The van der Waals surface area contributed by atoms with Crippen molar-refractivity contribution in [3.05, 3.63) is 28.8 Å². The minimum absolute atomic E-state index is 0.150. The number of rotatable bonds is 10. The van der Waals surface area contributed by atoms with Gasteiger partial charge in [0.25, 0.3) is 0 Å². The number of halogens is 1. The van der Waals surface area contributed by atoms with Gasteiger partial charge in [-0.1, -0.05) is 11.6 Å². The number of esters is 1. The average Bonchev–Trinajstić information content (AvgIpc) is 2.45. The summed E-state index contributed by atoms with van der Waals surface area (Å²) in [5.74, 6) is -0.500. The Bertz CT molecular complexity index is 441. The summed E-state index contributed by atoms with van der Waals surface area (Å²) in [5.41, 5.74) is 6.33. The van der Waals surface area contributed by atoms with Gasteiger partial charge in [0.2, 0.25) is 0 Å². The van der Waals surface area contributed by atoms with Gasteiger partial charge in [-0.15, -0.1) is 0 Å². The number of hydrogen-bond donors (Lipinski definition) is 1. The van der Waals surface area contributed by atoms with E-state index in [-0.39, 0.29) is 17.2 Å². The number of carbonyl (C=O) groups excluding carboxylic acids is 1.